The summed E-state index contributed by atoms with van der Waals surface area (Å²) in [6.45, 7) is 0. The molecule has 0 heterocycles. The van der Waals surface area contributed by atoms with E-state index in [9.17, 15) is 19.0 Å². The van der Waals surface area contributed by atoms with Crippen LogP contribution in [-0.4, -0.2) is 16.5 Å². The molecule has 4 aromatic carbocycles. The van der Waals surface area contributed by atoms with Crippen molar-refractivity contribution in [3.05, 3.63) is 119 Å². The molecule has 0 atom stereocenters. The maximum atomic E-state index is 12.7. The van der Waals surface area contributed by atoms with Crippen LogP contribution in [0.4, 0.5) is 11.4 Å². The number of rotatable bonds is 12. The number of ketones is 2. The Bertz CT molecular complexity index is 1430. The molecule has 4 rings (SSSR count). The third kappa shape index (κ3) is 7.80. The fourth-order valence-corrected chi connectivity index (χ4v) is 4.88. The molecule has 8 nitrogen and oxygen atoms in total. The van der Waals surface area contributed by atoms with Crippen molar-refractivity contribution in [2.24, 2.45) is 0 Å². The molecule has 0 unspecified atom stereocenters. The number of Topliss-reactive ketones (excluding diaryl/α,β-unsaturated/α-hetero) is 2. The van der Waals surface area contributed by atoms with Crippen LogP contribution in [0.15, 0.2) is 97.1 Å². The largest absolute Gasteiger partial charge is 0.584 e. The maximum absolute atomic E-state index is 12.7. The van der Waals surface area contributed by atoms with Crippen LogP contribution in [0.1, 0.15) is 44.7 Å². The number of nitrogens with two attached hydrogens (primary N) is 2. The second-order valence-electron chi connectivity index (χ2n) is 8.97. The first-order valence-electron chi connectivity index (χ1n) is 12.4. The van der Waals surface area contributed by atoms with Crippen molar-refractivity contribution in [1.82, 2.24) is 0 Å². The zero-order chi connectivity index (χ0) is 27.8. The van der Waals surface area contributed by atoms with Crippen molar-refractivity contribution in [3.63, 3.8) is 0 Å². The van der Waals surface area contributed by atoms with E-state index in [1.807, 2.05) is 0 Å². The van der Waals surface area contributed by atoms with Gasteiger partial charge in [-0.15, -0.1) is 0 Å². The van der Waals surface area contributed by atoms with Crippen LogP contribution in [0.2, 0.25) is 0 Å². The summed E-state index contributed by atoms with van der Waals surface area (Å²) in [4.78, 5) is 35.4. The van der Waals surface area contributed by atoms with E-state index in [1.165, 1.54) is 12.1 Å². The van der Waals surface area contributed by atoms with Gasteiger partial charge in [-0.3, -0.25) is 14.5 Å². The van der Waals surface area contributed by atoms with Gasteiger partial charge in [0.15, 0.2) is 11.6 Å². The summed E-state index contributed by atoms with van der Waals surface area (Å²) in [7, 11) is -4.53. The molecule has 39 heavy (non-hydrogen) atoms. The summed E-state index contributed by atoms with van der Waals surface area (Å²) in [5.74, 6) is 0.0771. The first-order valence-corrected chi connectivity index (χ1v) is 13.8. The minimum absolute atomic E-state index is 0.0931. The molecule has 0 aliphatic heterocycles. The Morgan fingerprint density at radius 2 is 1.05 bits per heavy atom. The van der Waals surface area contributed by atoms with Gasteiger partial charge in [-0.1, -0.05) is 48.5 Å². The lowest BCUT2D eigenvalue weighted by Gasteiger charge is -2.15. The van der Waals surface area contributed by atoms with Crippen LogP contribution in [0.25, 0.3) is 0 Å². The Morgan fingerprint density at radius 1 is 0.641 bits per heavy atom. The summed E-state index contributed by atoms with van der Waals surface area (Å²) >= 11 is 0. The van der Waals surface area contributed by atoms with Crippen molar-refractivity contribution in [2.75, 3.05) is 11.5 Å². The number of phosphoric ester groups is 1. The molecule has 4 aromatic rings. The monoisotopic (exact) mass is 544 g/mol. The fourth-order valence-electron chi connectivity index (χ4n) is 4.09. The summed E-state index contributed by atoms with van der Waals surface area (Å²) in [6, 6.07) is 26.9. The normalized spacial score (nSPS) is 11.1. The second kappa shape index (κ2) is 12.4. The van der Waals surface area contributed by atoms with E-state index in [0.717, 1.165) is 11.1 Å². The number of aryl methyl sites for hydroxylation is 2. The molecule has 0 aliphatic carbocycles. The third-order valence-corrected chi connectivity index (χ3v) is 6.93. The number of anilines is 2. The number of carbonyl (C=O) groups is 2. The molecule has 0 bridgehead atoms. The maximum Gasteiger partial charge on any atom is 0.584 e. The highest BCUT2D eigenvalue weighted by molar-refractivity contribution is 7.48. The number of hydrogen-bond acceptors (Lipinski definition) is 7. The first-order chi connectivity index (χ1) is 18.7. The number of phosphoric acid groups is 1. The van der Waals surface area contributed by atoms with Gasteiger partial charge in [-0.2, -0.15) is 0 Å². The SMILES string of the molecule is Nc1ccccc1C(=O)CCc1cccc(OP(=O)(O)Oc2cccc(CCC(=O)c3ccccc3N)c2)c1. The lowest BCUT2D eigenvalue weighted by molar-refractivity contribution is 0.0975. The molecule has 0 fully saturated rings. The van der Waals surface area contributed by atoms with E-state index in [0.29, 0.717) is 35.3 Å². The Balaban J connectivity index is 1.34. The van der Waals surface area contributed by atoms with Crippen LogP contribution < -0.4 is 20.5 Å². The molecule has 200 valence electrons. The minimum Gasteiger partial charge on any atom is -0.398 e. The van der Waals surface area contributed by atoms with E-state index in [4.69, 9.17) is 20.5 Å². The summed E-state index contributed by atoms with van der Waals surface area (Å²) < 4.78 is 23.3. The predicted molar refractivity (Wildman–Crippen MR) is 151 cm³/mol. The molecule has 5 N–H and O–H groups in total. The average molecular weight is 545 g/mol. The van der Waals surface area contributed by atoms with Gasteiger partial charge in [-0.05, 0) is 72.5 Å². The van der Waals surface area contributed by atoms with Crippen molar-refractivity contribution in [3.8, 4) is 11.5 Å². The van der Waals surface area contributed by atoms with Crippen molar-refractivity contribution in [1.29, 1.82) is 0 Å². The Morgan fingerprint density at radius 3 is 1.46 bits per heavy atom. The molecule has 0 spiro atoms. The molecule has 0 saturated carbocycles. The van der Waals surface area contributed by atoms with Crippen LogP contribution in [0.5, 0.6) is 11.5 Å². The van der Waals surface area contributed by atoms with Gasteiger partial charge in [0.1, 0.15) is 11.5 Å². The van der Waals surface area contributed by atoms with Crippen molar-refractivity contribution in [2.45, 2.75) is 25.7 Å². The lowest BCUT2D eigenvalue weighted by Crippen LogP contribution is -2.05. The van der Waals surface area contributed by atoms with Crippen LogP contribution in [-0.2, 0) is 17.4 Å². The smallest absolute Gasteiger partial charge is 0.398 e. The molecule has 0 aromatic heterocycles. The summed E-state index contributed by atoms with van der Waals surface area (Å²) in [6.07, 6.45) is 1.24. The number of carbonyl (C=O) groups excluding carboxylic acids is 2. The molecular weight excluding hydrogens is 515 g/mol. The highest BCUT2D eigenvalue weighted by Gasteiger charge is 2.25. The van der Waals surface area contributed by atoms with Gasteiger partial charge in [0.25, 0.3) is 0 Å². The van der Waals surface area contributed by atoms with Gasteiger partial charge in [0, 0.05) is 35.3 Å². The molecular formula is C30H29N2O6P. The molecule has 0 saturated heterocycles. The quantitative estimate of drug-likeness (QED) is 0.111. The zero-order valence-corrected chi connectivity index (χ0v) is 22.1. The van der Waals surface area contributed by atoms with E-state index in [2.05, 4.69) is 0 Å². The van der Waals surface area contributed by atoms with Crippen molar-refractivity contribution < 1.29 is 28.1 Å². The highest BCUT2D eigenvalue weighted by Crippen LogP contribution is 2.44. The summed E-state index contributed by atoms with van der Waals surface area (Å²) in [5, 5.41) is 0. The van der Waals surface area contributed by atoms with E-state index >= 15 is 0 Å². The zero-order valence-electron chi connectivity index (χ0n) is 21.2. The van der Waals surface area contributed by atoms with Gasteiger partial charge in [0.05, 0.1) is 0 Å². The van der Waals surface area contributed by atoms with Gasteiger partial charge < -0.3 is 20.5 Å². The van der Waals surface area contributed by atoms with Crippen molar-refractivity contribution >= 4 is 30.8 Å². The van der Waals surface area contributed by atoms with E-state index < -0.39 is 7.82 Å². The summed E-state index contributed by atoms with van der Waals surface area (Å²) in [5.41, 5.74) is 15.1. The Hall–Kier alpha value is -4.39. The highest BCUT2D eigenvalue weighted by atomic mass is 31.2. The molecule has 0 radical (unpaired) electrons. The first kappa shape index (κ1) is 27.6. The molecule has 9 heteroatoms. The lowest BCUT2D eigenvalue weighted by atomic mass is 10.0. The van der Waals surface area contributed by atoms with Gasteiger partial charge >= 0.3 is 7.82 Å². The number of benzene rings is 4. The Labute approximate surface area is 226 Å². The number of nitrogen functional groups attached to an aromatic ring is 2. The second-order valence-corrected chi connectivity index (χ2v) is 10.3. The fraction of sp³-hybridized carbons (Fsp3) is 0.133. The van der Waals surface area contributed by atoms with Crippen LogP contribution >= 0.6 is 7.82 Å². The molecule has 0 aliphatic rings. The van der Waals surface area contributed by atoms with E-state index in [1.54, 1.807) is 84.9 Å². The minimum atomic E-state index is -4.53. The average Bonchev–Trinajstić information content (AvgIpc) is 2.91. The van der Waals surface area contributed by atoms with Crippen LogP contribution in [0, 0.1) is 0 Å². The predicted octanol–water partition coefficient (Wildman–Crippen LogP) is 6.04. The van der Waals surface area contributed by atoms with Crippen LogP contribution in [0.3, 0.4) is 0 Å². The number of hydrogen-bond donors (Lipinski definition) is 3. The topological polar surface area (TPSA) is 142 Å². The van der Waals surface area contributed by atoms with Gasteiger partial charge in [0.2, 0.25) is 0 Å². The number of para-hydroxylation sites is 2. The van der Waals surface area contributed by atoms with Gasteiger partial charge in [-0.25, -0.2) is 4.57 Å². The Kier molecular flexibility index (Phi) is 8.81. The third-order valence-electron chi connectivity index (χ3n) is 6.04. The molecule has 0 amide bonds. The van der Waals surface area contributed by atoms with E-state index in [-0.39, 0.29) is 35.9 Å². The standard InChI is InChI=1S/C30H29N2O6P/c31-27-13-3-1-11-25(27)29(33)17-15-21-7-5-9-23(19-21)37-39(35,36)38-24-10-6-8-22(20-24)16-18-30(34)26-12-2-4-14-28(26)32/h1-14,19-20H,15-18,31-32H2,(H,35,36).